The fourth-order valence-corrected chi connectivity index (χ4v) is 4.90. The van der Waals surface area contributed by atoms with E-state index in [9.17, 15) is 9.18 Å². The summed E-state index contributed by atoms with van der Waals surface area (Å²) in [5, 5.41) is 0. The molecule has 5 rings (SSSR count). The van der Waals surface area contributed by atoms with Gasteiger partial charge in [-0.25, -0.2) is 14.4 Å². The van der Waals surface area contributed by atoms with Crippen molar-refractivity contribution in [3.8, 4) is 0 Å². The van der Waals surface area contributed by atoms with Crippen LogP contribution in [0.15, 0.2) is 48.8 Å². The van der Waals surface area contributed by atoms with Crippen LogP contribution in [0.3, 0.4) is 0 Å². The van der Waals surface area contributed by atoms with Gasteiger partial charge in [-0.05, 0) is 56.5 Å². The second-order valence-corrected chi connectivity index (χ2v) is 8.97. The first-order valence-corrected chi connectivity index (χ1v) is 11.6. The quantitative estimate of drug-likeness (QED) is 0.590. The van der Waals surface area contributed by atoms with Gasteiger partial charge in [0.05, 0.1) is 6.54 Å². The van der Waals surface area contributed by atoms with Crippen molar-refractivity contribution in [3.63, 3.8) is 0 Å². The maximum absolute atomic E-state index is 14.3. The Hall–Kier alpha value is -3.19. The highest BCUT2D eigenvalue weighted by Crippen LogP contribution is 2.33. The van der Waals surface area contributed by atoms with Gasteiger partial charge < -0.3 is 0 Å². The topological polar surface area (TPSA) is 62.2 Å². The van der Waals surface area contributed by atoms with Gasteiger partial charge in [0.2, 0.25) is 5.91 Å². The zero-order valence-electron chi connectivity index (χ0n) is 18.9. The molecular formula is C26H28FN5O. The molecule has 2 aliphatic heterocycles. The van der Waals surface area contributed by atoms with Crippen LogP contribution in [0.25, 0.3) is 0 Å². The zero-order chi connectivity index (χ0) is 22.8. The number of carbonyl (C=O) groups excluding carboxylic acids is 1. The molecule has 1 atom stereocenters. The molecule has 170 valence electrons. The van der Waals surface area contributed by atoms with Crippen molar-refractivity contribution in [2.24, 2.45) is 0 Å². The first-order chi connectivity index (χ1) is 16.1. The van der Waals surface area contributed by atoms with E-state index in [1.54, 1.807) is 23.1 Å². The number of pyridine rings is 1. The lowest BCUT2D eigenvalue weighted by Crippen LogP contribution is -2.38. The van der Waals surface area contributed by atoms with Crippen LogP contribution in [0, 0.1) is 12.7 Å². The highest BCUT2D eigenvalue weighted by molar-refractivity contribution is 5.95. The van der Waals surface area contributed by atoms with Crippen molar-refractivity contribution in [1.29, 1.82) is 0 Å². The predicted molar refractivity (Wildman–Crippen MR) is 124 cm³/mol. The molecule has 0 saturated carbocycles. The third-order valence-electron chi connectivity index (χ3n) is 6.67. The summed E-state index contributed by atoms with van der Waals surface area (Å²) in [6, 6.07) is 10.7. The molecular weight excluding hydrogens is 417 g/mol. The van der Waals surface area contributed by atoms with Crippen molar-refractivity contribution >= 4 is 11.7 Å². The largest absolute Gasteiger partial charge is 0.298 e. The van der Waals surface area contributed by atoms with E-state index in [0.717, 1.165) is 49.6 Å². The lowest BCUT2D eigenvalue weighted by Gasteiger charge is -2.34. The summed E-state index contributed by atoms with van der Waals surface area (Å²) in [5.41, 5.74) is 3.67. The number of hydrogen-bond acceptors (Lipinski definition) is 5. The molecule has 1 aromatic carbocycles. The summed E-state index contributed by atoms with van der Waals surface area (Å²) < 4.78 is 14.3. The van der Waals surface area contributed by atoms with Crippen molar-refractivity contribution in [2.45, 2.75) is 51.6 Å². The maximum atomic E-state index is 14.3. The second kappa shape index (κ2) is 9.35. The number of hydrogen-bond donors (Lipinski definition) is 0. The Labute approximate surface area is 193 Å². The molecule has 3 aromatic rings. The van der Waals surface area contributed by atoms with E-state index in [0.29, 0.717) is 24.2 Å². The third-order valence-corrected chi connectivity index (χ3v) is 6.67. The third kappa shape index (κ3) is 4.64. The Bertz CT molecular complexity index is 1150. The number of anilines is 1. The Kier molecular flexibility index (Phi) is 6.13. The molecule has 1 fully saturated rings. The maximum Gasteiger partial charge on any atom is 0.228 e. The molecule has 4 heterocycles. The number of aryl methyl sites for hydroxylation is 1. The average Bonchev–Trinajstić information content (AvgIpc) is 2.83. The van der Waals surface area contributed by atoms with Gasteiger partial charge in [0.1, 0.15) is 17.5 Å². The van der Waals surface area contributed by atoms with Gasteiger partial charge in [0, 0.05) is 54.6 Å². The smallest absolute Gasteiger partial charge is 0.228 e. The molecule has 33 heavy (non-hydrogen) atoms. The summed E-state index contributed by atoms with van der Waals surface area (Å²) in [7, 11) is 0. The summed E-state index contributed by atoms with van der Waals surface area (Å²) in [4.78, 5) is 30.9. The zero-order valence-corrected chi connectivity index (χ0v) is 18.9. The molecule has 0 bridgehead atoms. The number of nitrogens with zero attached hydrogens (tertiary/aromatic N) is 5. The number of likely N-dealkylation sites (tertiary alicyclic amines) is 1. The van der Waals surface area contributed by atoms with Gasteiger partial charge in [-0.15, -0.1) is 0 Å². The highest BCUT2D eigenvalue weighted by Gasteiger charge is 2.31. The van der Waals surface area contributed by atoms with Crippen molar-refractivity contribution in [2.75, 3.05) is 18.0 Å². The molecule has 7 heteroatoms. The van der Waals surface area contributed by atoms with Gasteiger partial charge in [-0.3, -0.25) is 19.6 Å². The number of piperidine rings is 1. The highest BCUT2D eigenvalue weighted by atomic mass is 19.1. The van der Waals surface area contributed by atoms with Gasteiger partial charge in [-0.1, -0.05) is 18.2 Å². The van der Waals surface area contributed by atoms with E-state index in [1.165, 1.54) is 11.6 Å². The molecule has 2 aromatic heterocycles. The van der Waals surface area contributed by atoms with E-state index in [2.05, 4.69) is 22.0 Å². The number of fused-ring (bicyclic) bond motifs is 1. The van der Waals surface area contributed by atoms with Gasteiger partial charge in [0.15, 0.2) is 0 Å². The van der Waals surface area contributed by atoms with E-state index >= 15 is 0 Å². The van der Waals surface area contributed by atoms with Crippen LogP contribution >= 0.6 is 0 Å². The number of halogens is 1. The number of rotatable bonds is 5. The van der Waals surface area contributed by atoms with Gasteiger partial charge in [0.25, 0.3) is 0 Å². The lowest BCUT2D eigenvalue weighted by molar-refractivity contribution is -0.119. The fraction of sp³-hybridized carbons (Fsp3) is 0.385. The van der Waals surface area contributed by atoms with Gasteiger partial charge >= 0.3 is 0 Å². The standard InChI is InChI=1S/C26H28FN5O/c1-18-22-8-9-24(33)32(17-20-5-2-3-7-23(20)27)26(22)30-25(29-18)21-6-4-14-31(16-21)15-19-10-12-28-13-11-19/h2-3,5,7,10-13,21H,4,6,8-9,14-17H2,1H3. The molecule has 1 amide bonds. The predicted octanol–water partition coefficient (Wildman–Crippen LogP) is 4.18. The number of carbonyl (C=O) groups is 1. The second-order valence-electron chi connectivity index (χ2n) is 8.97. The van der Waals surface area contributed by atoms with E-state index in [-0.39, 0.29) is 24.2 Å². The van der Waals surface area contributed by atoms with Crippen molar-refractivity contribution in [3.05, 3.63) is 82.8 Å². The first-order valence-electron chi connectivity index (χ1n) is 11.6. The molecule has 0 aliphatic carbocycles. The van der Waals surface area contributed by atoms with E-state index in [1.807, 2.05) is 19.3 Å². The lowest BCUT2D eigenvalue weighted by atomic mass is 9.95. The minimum Gasteiger partial charge on any atom is -0.298 e. The Morgan fingerprint density at radius 2 is 1.88 bits per heavy atom. The molecule has 0 N–H and O–H groups in total. The van der Waals surface area contributed by atoms with E-state index in [4.69, 9.17) is 9.97 Å². The molecule has 6 nitrogen and oxygen atoms in total. The first kappa shape index (κ1) is 21.6. The molecule has 1 unspecified atom stereocenters. The van der Waals surface area contributed by atoms with Crippen LogP contribution in [-0.2, 0) is 24.3 Å². The van der Waals surface area contributed by atoms with Crippen LogP contribution in [0.1, 0.15) is 53.4 Å². The SMILES string of the molecule is Cc1nc(C2CCCN(Cc3ccncc3)C2)nc2c1CCC(=O)N2Cc1ccccc1F. The summed E-state index contributed by atoms with van der Waals surface area (Å²) in [6.45, 7) is 4.98. The Morgan fingerprint density at radius 1 is 1.06 bits per heavy atom. The van der Waals surface area contributed by atoms with E-state index < -0.39 is 0 Å². The number of aromatic nitrogens is 3. The molecule has 2 aliphatic rings. The molecule has 0 radical (unpaired) electrons. The minimum atomic E-state index is -0.303. The van der Waals surface area contributed by atoms with Crippen molar-refractivity contribution in [1.82, 2.24) is 19.9 Å². The summed E-state index contributed by atoms with van der Waals surface area (Å²) >= 11 is 0. The summed E-state index contributed by atoms with van der Waals surface area (Å²) in [5.74, 6) is 1.33. The monoisotopic (exact) mass is 445 g/mol. The number of amides is 1. The van der Waals surface area contributed by atoms with Crippen molar-refractivity contribution < 1.29 is 9.18 Å². The van der Waals surface area contributed by atoms with Crippen LogP contribution in [-0.4, -0.2) is 38.8 Å². The normalized spacial score (nSPS) is 18.9. The minimum absolute atomic E-state index is 0.0160. The van der Waals surface area contributed by atoms with Crippen LogP contribution in [0.2, 0.25) is 0 Å². The van der Waals surface area contributed by atoms with Gasteiger partial charge in [-0.2, -0.15) is 0 Å². The van der Waals surface area contributed by atoms with Crippen LogP contribution < -0.4 is 4.90 Å². The van der Waals surface area contributed by atoms with Crippen LogP contribution in [0.4, 0.5) is 10.2 Å². The fourth-order valence-electron chi connectivity index (χ4n) is 4.90. The average molecular weight is 446 g/mol. The number of benzene rings is 1. The summed E-state index contributed by atoms with van der Waals surface area (Å²) in [6.07, 6.45) is 6.78. The molecule has 0 spiro atoms. The molecule has 1 saturated heterocycles. The Morgan fingerprint density at radius 3 is 2.70 bits per heavy atom. The Balaban J connectivity index is 1.42. The van der Waals surface area contributed by atoms with Crippen LogP contribution in [0.5, 0.6) is 0 Å².